The van der Waals surface area contributed by atoms with Crippen molar-refractivity contribution >= 4 is 0 Å². The van der Waals surface area contributed by atoms with Crippen molar-refractivity contribution in [2.24, 2.45) is 17.6 Å². The number of nitrogens with two attached hydrogens (primary N) is 1. The van der Waals surface area contributed by atoms with Gasteiger partial charge in [0.2, 0.25) is 0 Å². The van der Waals surface area contributed by atoms with Gasteiger partial charge in [-0.1, -0.05) is 6.92 Å². The minimum absolute atomic E-state index is 0.0555. The van der Waals surface area contributed by atoms with Crippen LogP contribution in [-0.4, -0.2) is 44.2 Å². The van der Waals surface area contributed by atoms with E-state index in [0.717, 1.165) is 65.0 Å². The molecule has 0 aromatic heterocycles. The zero-order chi connectivity index (χ0) is 14.0. The topological polar surface area (TPSA) is 53.7 Å². The quantitative estimate of drug-likeness (QED) is 0.862. The van der Waals surface area contributed by atoms with Gasteiger partial charge in [0.15, 0.2) is 0 Å². The van der Waals surface area contributed by atoms with E-state index in [2.05, 4.69) is 6.92 Å². The zero-order valence-corrected chi connectivity index (χ0v) is 12.7. The molecule has 4 atom stereocenters. The number of ether oxygens (including phenoxy) is 3. The van der Waals surface area contributed by atoms with Crippen LogP contribution >= 0.6 is 0 Å². The lowest BCUT2D eigenvalue weighted by Crippen LogP contribution is -2.51. The van der Waals surface area contributed by atoms with E-state index in [9.17, 15) is 0 Å². The molecule has 3 heterocycles. The first kappa shape index (κ1) is 14.8. The SMILES string of the molecule is CCC1OCCC1C(N)C1CCOC2(CCOCC2)C1. The first-order chi connectivity index (χ1) is 9.74. The van der Waals surface area contributed by atoms with Crippen LogP contribution in [0.2, 0.25) is 0 Å². The molecule has 2 N–H and O–H groups in total. The molecule has 3 aliphatic rings. The molecule has 4 nitrogen and oxygen atoms in total. The Morgan fingerprint density at radius 1 is 1.15 bits per heavy atom. The normalized spacial score (nSPS) is 39.0. The fourth-order valence-corrected chi connectivity index (χ4v) is 4.36. The van der Waals surface area contributed by atoms with Gasteiger partial charge in [-0.2, -0.15) is 0 Å². The van der Waals surface area contributed by atoms with Crippen molar-refractivity contribution in [1.29, 1.82) is 0 Å². The van der Waals surface area contributed by atoms with Crippen LogP contribution in [0.4, 0.5) is 0 Å². The number of rotatable bonds is 3. The van der Waals surface area contributed by atoms with Gasteiger partial charge in [0.05, 0.1) is 11.7 Å². The van der Waals surface area contributed by atoms with Gasteiger partial charge in [-0.05, 0) is 44.4 Å². The Hall–Kier alpha value is -0.160. The van der Waals surface area contributed by atoms with E-state index in [-0.39, 0.29) is 11.6 Å². The van der Waals surface area contributed by atoms with Gasteiger partial charge in [-0.3, -0.25) is 0 Å². The smallest absolute Gasteiger partial charge is 0.0729 e. The van der Waals surface area contributed by atoms with Crippen molar-refractivity contribution in [2.45, 2.75) is 63.2 Å². The maximum absolute atomic E-state index is 6.64. The van der Waals surface area contributed by atoms with Gasteiger partial charge in [-0.25, -0.2) is 0 Å². The van der Waals surface area contributed by atoms with Crippen LogP contribution < -0.4 is 5.73 Å². The maximum atomic E-state index is 6.64. The summed E-state index contributed by atoms with van der Waals surface area (Å²) in [5, 5.41) is 0. The Kier molecular flexibility index (Phi) is 4.65. The summed E-state index contributed by atoms with van der Waals surface area (Å²) in [6, 6.07) is 0.270. The van der Waals surface area contributed by atoms with Crippen LogP contribution in [0.15, 0.2) is 0 Å². The standard InChI is InChI=1S/C16H29NO3/c1-2-14-13(4-7-19-14)15(17)12-3-8-20-16(11-12)5-9-18-10-6-16/h12-15H,2-11,17H2,1H3. The van der Waals surface area contributed by atoms with Crippen molar-refractivity contribution in [3.63, 3.8) is 0 Å². The summed E-state index contributed by atoms with van der Waals surface area (Å²) in [7, 11) is 0. The summed E-state index contributed by atoms with van der Waals surface area (Å²) in [4.78, 5) is 0. The Morgan fingerprint density at radius 3 is 2.70 bits per heavy atom. The van der Waals surface area contributed by atoms with Crippen LogP contribution in [0.3, 0.4) is 0 Å². The van der Waals surface area contributed by atoms with E-state index in [1.807, 2.05) is 0 Å². The maximum Gasteiger partial charge on any atom is 0.0729 e. The average Bonchev–Trinajstić information content (AvgIpc) is 2.96. The first-order valence-corrected chi connectivity index (χ1v) is 8.33. The number of hydrogen-bond acceptors (Lipinski definition) is 4. The summed E-state index contributed by atoms with van der Waals surface area (Å²) < 4.78 is 17.5. The second-order valence-electron chi connectivity index (χ2n) is 6.74. The van der Waals surface area contributed by atoms with E-state index in [0.29, 0.717) is 17.9 Å². The molecule has 0 aliphatic carbocycles. The summed E-state index contributed by atoms with van der Waals surface area (Å²) in [5.41, 5.74) is 6.70. The van der Waals surface area contributed by atoms with E-state index in [1.54, 1.807) is 0 Å². The van der Waals surface area contributed by atoms with Crippen molar-refractivity contribution in [3.05, 3.63) is 0 Å². The molecule has 0 amide bonds. The van der Waals surface area contributed by atoms with Crippen molar-refractivity contribution in [1.82, 2.24) is 0 Å². The second kappa shape index (κ2) is 6.30. The zero-order valence-electron chi connectivity index (χ0n) is 12.7. The molecule has 4 unspecified atom stereocenters. The number of hydrogen-bond donors (Lipinski definition) is 1. The Labute approximate surface area is 122 Å². The molecule has 1 spiro atoms. The molecule has 3 saturated heterocycles. The van der Waals surface area contributed by atoms with E-state index < -0.39 is 0 Å². The molecule has 20 heavy (non-hydrogen) atoms. The molecule has 3 aliphatic heterocycles. The van der Waals surface area contributed by atoms with Crippen LogP contribution in [0.1, 0.15) is 45.4 Å². The van der Waals surface area contributed by atoms with Crippen molar-refractivity contribution in [3.8, 4) is 0 Å². The molecular formula is C16H29NO3. The van der Waals surface area contributed by atoms with Crippen LogP contribution in [0, 0.1) is 11.8 Å². The Balaban J connectivity index is 1.64. The Morgan fingerprint density at radius 2 is 1.95 bits per heavy atom. The summed E-state index contributed by atoms with van der Waals surface area (Å²) in [5.74, 6) is 1.13. The second-order valence-corrected chi connectivity index (χ2v) is 6.74. The fraction of sp³-hybridized carbons (Fsp3) is 1.00. The largest absolute Gasteiger partial charge is 0.381 e. The molecule has 3 fully saturated rings. The third-order valence-electron chi connectivity index (χ3n) is 5.64. The van der Waals surface area contributed by atoms with Gasteiger partial charge in [0.1, 0.15) is 0 Å². The van der Waals surface area contributed by atoms with Gasteiger partial charge in [-0.15, -0.1) is 0 Å². The lowest BCUT2D eigenvalue weighted by molar-refractivity contribution is -0.151. The predicted octanol–water partition coefficient (Wildman–Crippen LogP) is 2.10. The fourth-order valence-electron chi connectivity index (χ4n) is 4.36. The van der Waals surface area contributed by atoms with Crippen LogP contribution in [0.25, 0.3) is 0 Å². The minimum atomic E-state index is 0.0555. The highest BCUT2D eigenvalue weighted by molar-refractivity contribution is 4.95. The Bertz CT molecular complexity index is 311. The van der Waals surface area contributed by atoms with E-state index >= 15 is 0 Å². The monoisotopic (exact) mass is 283 g/mol. The summed E-state index contributed by atoms with van der Waals surface area (Å²) >= 11 is 0. The lowest BCUT2D eigenvalue weighted by Gasteiger charge is -2.46. The third kappa shape index (κ3) is 2.89. The molecule has 4 heteroatoms. The molecule has 0 aromatic rings. The van der Waals surface area contributed by atoms with Gasteiger partial charge in [0, 0.05) is 38.4 Å². The van der Waals surface area contributed by atoms with Crippen molar-refractivity contribution in [2.75, 3.05) is 26.4 Å². The lowest BCUT2D eigenvalue weighted by atomic mass is 9.73. The van der Waals surface area contributed by atoms with Gasteiger partial charge >= 0.3 is 0 Å². The molecule has 0 saturated carbocycles. The van der Waals surface area contributed by atoms with Crippen molar-refractivity contribution < 1.29 is 14.2 Å². The molecule has 0 aromatic carbocycles. The third-order valence-corrected chi connectivity index (χ3v) is 5.64. The molecule has 3 rings (SSSR count). The first-order valence-electron chi connectivity index (χ1n) is 8.33. The minimum Gasteiger partial charge on any atom is -0.381 e. The molecule has 0 radical (unpaired) electrons. The molecule has 116 valence electrons. The molecule has 0 bridgehead atoms. The highest BCUT2D eigenvalue weighted by atomic mass is 16.5. The molecular weight excluding hydrogens is 254 g/mol. The van der Waals surface area contributed by atoms with Crippen LogP contribution in [-0.2, 0) is 14.2 Å². The van der Waals surface area contributed by atoms with Crippen LogP contribution in [0.5, 0.6) is 0 Å². The summed E-state index contributed by atoms with van der Waals surface area (Å²) in [6.07, 6.45) is 6.89. The predicted molar refractivity (Wildman–Crippen MR) is 77.6 cm³/mol. The van der Waals surface area contributed by atoms with E-state index in [1.165, 1.54) is 0 Å². The summed E-state index contributed by atoms with van der Waals surface area (Å²) in [6.45, 7) is 5.64. The van der Waals surface area contributed by atoms with Gasteiger partial charge in [0.25, 0.3) is 0 Å². The average molecular weight is 283 g/mol. The highest BCUT2D eigenvalue weighted by Crippen LogP contribution is 2.40. The van der Waals surface area contributed by atoms with E-state index in [4.69, 9.17) is 19.9 Å². The highest BCUT2D eigenvalue weighted by Gasteiger charge is 2.43. The van der Waals surface area contributed by atoms with Gasteiger partial charge < -0.3 is 19.9 Å².